The van der Waals surface area contributed by atoms with E-state index in [0.29, 0.717) is 0 Å². The Morgan fingerprint density at radius 3 is 2.88 bits per heavy atom. The molecule has 17 heavy (non-hydrogen) atoms. The maximum Gasteiger partial charge on any atom is 0.114 e. The van der Waals surface area contributed by atoms with Crippen molar-refractivity contribution >= 4 is 43.2 Å². The summed E-state index contributed by atoms with van der Waals surface area (Å²) in [5.41, 5.74) is 0. The minimum absolute atomic E-state index is 0.199. The van der Waals surface area contributed by atoms with Crippen LogP contribution in [0.5, 0.6) is 0 Å². The van der Waals surface area contributed by atoms with Crippen LogP contribution < -0.4 is 5.32 Å². The standard InChI is InChI=1S/C12H15Br2NOS/c1-2-5-15-11(9-4-3-6-16-9)10-7-8(13)12(14)17-10/h4,7,11,15H,2-3,5-6H2,1H3. The summed E-state index contributed by atoms with van der Waals surface area (Å²) in [4.78, 5) is 1.28. The Bertz CT molecular complexity index is 397. The maximum absolute atomic E-state index is 5.69. The first-order chi connectivity index (χ1) is 8.22. The number of halogens is 2. The molecule has 0 bridgehead atoms. The van der Waals surface area contributed by atoms with Crippen molar-refractivity contribution in [2.45, 2.75) is 25.8 Å². The minimum atomic E-state index is 0.199. The summed E-state index contributed by atoms with van der Waals surface area (Å²) in [5, 5.41) is 3.54. The molecule has 1 aromatic heterocycles. The lowest BCUT2D eigenvalue weighted by Gasteiger charge is -2.18. The fourth-order valence-corrected chi connectivity index (χ4v) is 3.95. The molecule has 1 atom stereocenters. The molecular weight excluding hydrogens is 366 g/mol. The van der Waals surface area contributed by atoms with Gasteiger partial charge in [0.15, 0.2) is 0 Å². The third-order valence-corrected chi connectivity index (χ3v) is 5.88. The number of ether oxygens (including phenoxy) is 1. The molecule has 2 nitrogen and oxygen atoms in total. The Labute approximate surface area is 123 Å². The molecule has 94 valence electrons. The van der Waals surface area contributed by atoms with Gasteiger partial charge in [-0.1, -0.05) is 6.92 Å². The molecule has 1 unspecified atom stereocenters. The van der Waals surface area contributed by atoms with Crippen LogP contribution >= 0.6 is 43.2 Å². The predicted molar refractivity (Wildman–Crippen MR) is 79.4 cm³/mol. The first kappa shape index (κ1) is 13.6. The second kappa shape index (κ2) is 6.36. The van der Waals surface area contributed by atoms with Gasteiger partial charge < -0.3 is 10.1 Å². The topological polar surface area (TPSA) is 21.3 Å². The minimum Gasteiger partial charge on any atom is -0.496 e. The lowest BCUT2D eigenvalue weighted by Crippen LogP contribution is -2.23. The molecule has 2 heterocycles. The van der Waals surface area contributed by atoms with Gasteiger partial charge in [0, 0.05) is 15.8 Å². The Hall–Kier alpha value is 0.160. The quantitative estimate of drug-likeness (QED) is 0.804. The number of rotatable bonds is 5. The summed E-state index contributed by atoms with van der Waals surface area (Å²) in [6.45, 7) is 3.99. The van der Waals surface area contributed by atoms with Gasteiger partial charge >= 0.3 is 0 Å². The van der Waals surface area contributed by atoms with Crippen LogP contribution in [-0.2, 0) is 4.74 Å². The monoisotopic (exact) mass is 379 g/mol. The summed E-state index contributed by atoms with van der Waals surface area (Å²) in [6, 6.07) is 2.36. The van der Waals surface area contributed by atoms with E-state index in [1.807, 2.05) is 0 Å². The summed E-state index contributed by atoms with van der Waals surface area (Å²) >= 11 is 8.83. The van der Waals surface area contributed by atoms with Crippen molar-refractivity contribution in [1.29, 1.82) is 0 Å². The second-order valence-electron chi connectivity index (χ2n) is 3.90. The number of nitrogens with one attached hydrogen (secondary N) is 1. The fraction of sp³-hybridized carbons (Fsp3) is 0.500. The lowest BCUT2D eigenvalue weighted by atomic mass is 10.2. The molecular formula is C12H15Br2NOS. The van der Waals surface area contributed by atoms with Gasteiger partial charge in [-0.25, -0.2) is 0 Å². The maximum atomic E-state index is 5.69. The zero-order valence-electron chi connectivity index (χ0n) is 9.63. The average Bonchev–Trinajstić information content (AvgIpc) is 2.92. The molecule has 1 aliphatic rings. The molecule has 0 amide bonds. The molecule has 0 fully saturated rings. The normalized spacial score (nSPS) is 16.8. The van der Waals surface area contributed by atoms with Crippen LogP contribution in [0.3, 0.4) is 0 Å². The van der Waals surface area contributed by atoms with Crippen LogP contribution in [-0.4, -0.2) is 13.2 Å². The van der Waals surface area contributed by atoms with E-state index < -0.39 is 0 Å². The highest BCUT2D eigenvalue weighted by atomic mass is 79.9. The largest absolute Gasteiger partial charge is 0.496 e. The zero-order chi connectivity index (χ0) is 12.3. The van der Waals surface area contributed by atoms with Gasteiger partial charge in [-0.2, -0.15) is 0 Å². The van der Waals surface area contributed by atoms with E-state index in [1.165, 1.54) is 4.88 Å². The SMILES string of the molecule is CCCNC(C1=CCCO1)c1cc(Br)c(Br)s1. The summed E-state index contributed by atoms with van der Waals surface area (Å²) < 4.78 is 7.93. The van der Waals surface area contributed by atoms with Crippen molar-refractivity contribution in [2.75, 3.05) is 13.2 Å². The summed E-state index contributed by atoms with van der Waals surface area (Å²) in [7, 11) is 0. The third kappa shape index (κ3) is 3.34. The van der Waals surface area contributed by atoms with Crippen LogP contribution in [0.15, 0.2) is 26.2 Å². The van der Waals surface area contributed by atoms with E-state index in [2.05, 4.69) is 56.2 Å². The van der Waals surface area contributed by atoms with Crippen LogP contribution in [0, 0.1) is 0 Å². The highest BCUT2D eigenvalue weighted by Crippen LogP contribution is 2.38. The molecule has 0 radical (unpaired) electrons. The van der Waals surface area contributed by atoms with Gasteiger partial charge in [0.1, 0.15) is 5.76 Å². The van der Waals surface area contributed by atoms with Crippen LogP contribution in [0.2, 0.25) is 0 Å². The van der Waals surface area contributed by atoms with Gasteiger partial charge in [-0.15, -0.1) is 11.3 Å². The highest BCUT2D eigenvalue weighted by molar-refractivity contribution is 9.13. The smallest absolute Gasteiger partial charge is 0.114 e. The van der Waals surface area contributed by atoms with E-state index >= 15 is 0 Å². The second-order valence-corrected chi connectivity index (χ2v) is 7.16. The van der Waals surface area contributed by atoms with Gasteiger partial charge in [-0.05, 0) is 57.0 Å². The first-order valence-corrected chi connectivity index (χ1v) is 8.13. The van der Waals surface area contributed by atoms with Crippen molar-refractivity contribution in [3.63, 3.8) is 0 Å². The van der Waals surface area contributed by atoms with E-state index in [0.717, 1.165) is 40.0 Å². The predicted octanol–water partition coefficient (Wildman–Crippen LogP) is 4.62. The molecule has 5 heteroatoms. The van der Waals surface area contributed by atoms with Gasteiger partial charge in [0.05, 0.1) is 16.4 Å². The van der Waals surface area contributed by atoms with Crippen LogP contribution in [0.1, 0.15) is 30.7 Å². The van der Waals surface area contributed by atoms with Gasteiger partial charge in [0.25, 0.3) is 0 Å². The molecule has 0 aromatic carbocycles. The number of thiophene rings is 1. The van der Waals surface area contributed by atoms with Crippen molar-refractivity contribution < 1.29 is 4.74 Å². The fourth-order valence-electron chi connectivity index (χ4n) is 1.77. The van der Waals surface area contributed by atoms with Crippen molar-refractivity contribution in [1.82, 2.24) is 5.32 Å². The van der Waals surface area contributed by atoms with Crippen molar-refractivity contribution in [2.24, 2.45) is 0 Å². The first-order valence-electron chi connectivity index (χ1n) is 5.73. The molecule has 0 saturated heterocycles. The van der Waals surface area contributed by atoms with E-state index in [-0.39, 0.29) is 6.04 Å². The third-order valence-electron chi connectivity index (χ3n) is 2.56. The molecule has 0 aliphatic carbocycles. The Morgan fingerprint density at radius 1 is 1.53 bits per heavy atom. The van der Waals surface area contributed by atoms with Crippen LogP contribution in [0.25, 0.3) is 0 Å². The van der Waals surface area contributed by atoms with Gasteiger partial charge in [-0.3, -0.25) is 0 Å². The van der Waals surface area contributed by atoms with Crippen molar-refractivity contribution in [3.05, 3.63) is 31.0 Å². The summed E-state index contributed by atoms with van der Waals surface area (Å²) in [5.74, 6) is 1.07. The molecule has 2 rings (SSSR count). The van der Waals surface area contributed by atoms with Crippen LogP contribution in [0.4, 0.5) is 0 Å². The molecule has 0 spiro atoms. The van der Waals surface area contributed by atoms with E-state index in [1.54, 1.807) is 11.3 Å². The Kier molecular flexibility index (Phi) is 5.09. The Morgan fingerprint density at radius 2 is 2.35 bits per heavy atom. The Balaban J connectivity index is 2.19. The average molecular weight is 381 g/mol. The van der Waals surface area contributed by atoms with Crippen molar-refractivity contribution in [3.8, 4) is 0 Å². The summed E-state index contributed by atoms with van der Waals surface area (Å²) in [6.07, 6.45) is 4.33. The highest BCUT2D eigenvalue weighted by Gasteiger charge is 2.22. The lowest BCUT2D eigenvalue weighted by molar-refractivity contribution is 0.216. The molecule has 1 N–H and O–H groups in total. The number of hydrogen-bond acceptors (Lipinski definition) is 3. The zero-order valence-corrected chi connectivity index (χ0v) is 13.6. The van der Waals surface area contributed by atoms with E-state index in [9.17, 15) is 0 Å². The molecule has 1 aliphatic heterocycles. The van der Waals surface area contributed by atoms with Gasteiger partial charge in [0.2, 0.25) is 0 Å². The number of hydrogen-bond donors (Lipinski definition) is 1. The molecule has 0 saturated carbocycles. The van der Waals surface area contributed by atoms with E-state index in [4.69, 9.17) is 4.74 Å². The molecule has 1 aromatic rings.